The van der Waals surface area contributed by atoms with Gasteiger partial charge in [-0.15, -0.1) is 0 Å². The maximum Gasteiger partial charge on any atom is 0.109 e. The van der Waals surface area contributed by atoms with Crippen LogP contribution < -0.4 is 0 Å². The highest BCUT2D eigenvalue weighted by Gasteiger charge is 1.99. The third-order valence-corrected chi connectivity index (χ3v) is 5.35. The summed E-state index contributed by atoms with van der Waals surface area (Å²) in [7, 11) is 0. The van der Waals surface area contributed by atoms with Crippen LogP contribution in [0, 0.1) is 0 Å². The highest BCUT2D eigenvalue weighted by Crippen LogP contribution is 2.17. The quantitative estimate of drug-likeness (QED) is 0.222. The van der Waals surface area contributed by atoms with Crippen molar-refractivity contribution >= 4 is 15.9 Å². The minimum absolute atomic E-state index is 1.02. The SMILES string of the molecule is CCCCCCCCCCCCCCCCc1cccnc1Br. The van der Waals surface area contributed by atoms with Crippen molar-refractivity contribution in [2.24, 2.45) is 0 Å². The fourth-order valence-corrected chi connectivity index (χ4v) is 3.56. The maximum absolute atomic E-state index is 4.28. The summed E-state index contributed by atoms with van der Waals surface area (Å²) in [5, 5.41) is 0. The fraction of sp³-hybridized carbons (Fsp3) is 0.762. The van der Waals surface area contributed by atoms with Gasteiger partial charge in [0.15, 0.2) is 0 Å². The number of nitrogens with zero attached hydrogens (tertiary/aromatic N) is 1. The summed E-state index contributed by atoms with van der Waals surface area (Å²) in [6.07, 6.45) is 22.9. The number of aromatic nitrogens is 1. The minimum Gasteiger partial charge on any atom is -0.249 e. The summed E-state index contributed by atoms with van der Waals surface area (Å²) in [4.78, 5) is 4.28. The van der Waals surface area contributed by atoms with Crippen LogP contribution in [-0.2, 0) is 6.42 Å². The van der Waals surface area contributed by atoms with Crippen LogP contribution in [0.5, 0.6) is 0 Å². The Hall–Kier alpha value is -0.370. The second-order valence-corrected chi connectivity index (χ2v) is 7.55. The Bertz CT molecular complexity index is 378. The Balaban J connectivity index is 1.79. The second kappa shape index (κ2) is 15.2. The van der Waals surface area contributed by atoms with Crippen molar-refractivity contribution in [1.29, 1.82) is 0 Å². The number of rotatable bonds is 15. The molecule has 0 N–H and O–H groups in total. The summed E-state index contributed by atoms with van der Waals surface area (Å²) < 4.78 is 1.02. The lowest BCUT2D eigenvalue weighted by atomic mass is 10.0. The molecule has 0 bridgehead atoms. The third kappa shape index (κ3) is 11.8. The molecule has 23 heavy (non-hydrogen) atoms. The molecule has 1 heterocycles. The first-order chi connectivity index (χ1) is 11.3. The average Bonchev–Trinajstić information content (AvgIpc) is 2.57. The van der Waals surface area contributed by atoms with Crippen LogP contribution in [0.1, 0.15) is 102 Å². The van der Waals surface area contributed by atoms with Gasteiger partial charge in [0, 0.05) is 6.20 Å². The molecule has 1 aromatic heterocycles. The molecule has 1 rings (SSSR count). The van der Waals surface area contributed by atoms with Gasteiger partial charge in [0.05, 0.1) is 0 Å². The molecule has 0 spiro atoms. The van der Waals surface area contributed by atoms with Gasteiger partial charge >= 0.3 is 0 Å². The molecule has 0 amide bonds. The Kier molecular flexibility index (Phi) is 13.6. The van der Waals surface area contributed by atoms with E-state index in [0.29, 0.717) is 0 Å². The van der Waals surface area contributed by atoms with Crippen molar-refractivity contribution in [2.45, 2.75) is 103 Å². The van der Waals surface area contributed by atoms with Crippen LogP contribution in [0.3, 0.4) is 0 Å². The smallest absolute Gasteiger partial charge is 0.109 e. The number of halogens is 1. The summed E-state index contributed by atoms with van der Waals surface area (Å²) in [6.45, 7) is 2.29. The van der Waals surface area contributed by atoms with E-state index >= 15 is 0 Å². The first-order valence-electron chi connectivity index (χ1n) is 9.94. The molecule has 0 aliphatic carbocycles. The summed E-state index contributed by atoms with van der Waals surface area (Å²) in [5.41, 5.74) is 1.35. The van der Waals surface area contributed by atoms with Gasteiger partial charge < -0.3 is 0 Å². The van der Waals surface area contributed by atoms with Crippen LogP contribution in [0.15, 0.2) is 22.9 Å². The van der Waals surface area contributed by atoms with E-state index in [9.17, 15) is 0 Å². The van der Waals surface area contributed by atoms with Crippen molar-refractivity contribution in [3.63, 3.8) is 0 Å². The van der Waals surface area contributed by atoms with Crippen molar-refractivity contribution in [1.82, 2.24) is 4.98 Å². The molecule has 0 aliphatic heterocycles. The summed E-state index contributed by atoms with van der Waals surface area (Å²) in [6, 6.07) is 4.21. The number of hydrogen-bond donors (Lipinski definition) is 0. The van der Waals surface area contributed by atoms with Gasteiger partial charge in [-0.1, -0.05) is 96.5 Å². The van der Waals surface area contributed by atoms with Crippen molar-refractivity contribution in [3.8, 4) is 0 Å². The highest BCUT2D eigenvalue weighted by molar-refractivity contribution is 9.10. The Morgan fingerprint density at radius 2 is 1.22 bits per heavy atom. The first-order valence-corrected chi connectivity index (χ1v) is 10.7. The van der Waals surface area contributed by atoms with E-state index in [1.165, 1.54) is 95.5 Å². The predicted molar refractivity (Wildman–Crippen MR) is 106 cm³/mol. The molecule has 0 atom stereocenters. The molecular formula is C21H36BrN. The zero-order valence-corrected chi connectivity index (χ0v) is 16.7. The Labute approximate surface area is 152 Å². The topological polar surface area (TPSA) is 12.9 Å². The molecule has 0 radical (unpaired) electrons. The lowest BCUT2D eigenvalue weighted by Gasteiger charge is -2.04. The number of aryl methyl sites for hydroxylation is 1. The number of pyridine rings is 1. The molecule has 0 aromatic carbocycles. The van der Waals surface area contributed by atoms with Gasteiger partial charge in [0.2, 0.25) is 0 Å². The monoisotopic (exact) mass is 381 g/mol. The van der Waals surface area contributed by atoms with Crippen molar-refractivity contribution < 1.29 is 0 Å². The van der Waals surface area contributed by atoms with Crippen LogP contribution in [0.2, 0.25) is 0 Å². The van der Waals surface area contributed by atoms with Gasteiger partial charge in [-0.2, -0.15) is 0 Å². The van der Waals surface area contributed by atoms with Gasteiger partial charge in [0.1, 0.15) is 4.60 Å². The molecule has 0 fully saturated rings. The number of hydrogen-bond acceptors (Lipinski definition) is 1. The fourth-order valence-electron chi connectivity index (χ4n) is 3.12. The standard InChI is InChI=1S/C21H36BrN/c1-2-3-4-5-6-7-8-9-10-11-12-13-14-15-17-20-18-16-19-23-21(20)22/h16,18-19H,2-15,17H2,1H3. The molecule has 0 unspecified atom stereocenters. The molecule has 0 saturated heterocycles. The summed E-state index contributed by atoms with van der Waals surface area (Å²) >= 11 is 3.53. The van der Waals surface area contributed by atoms with Gasteiger partial charge in [0.25, 0.3) is 0 Å². The zero-order chi connectivity index (χ0) is 16.6. The van der Waals surface area contributed by atoms with E-state index in [4.69, 9.17) is 0 Å². The van der Waals surface area contributed by atoms with Crippen LogP contribution in [-0.4, -0.2) is 4.98 Å². The molecule has 2 heteroatoms. The van der Waals surface area contributed by atoms with E-state index in [0.717, 1.165) is 11.0 Å². The molecule has 132 valence electrons. The molecule has 1 aromatic rings. The molecule has 0 saturated carbocycles. The van der Waals surface area contributed by atoms with E-state index in [1.54, 1.807) is 0 Å². The predicted octanol–water partition coefficient (Wildman–Crippen LogP) is 7.87. The minimum atomic E-state index is 1.02. The van der Waals surface area contributed by atoms with Crippen LogP contribution >= 0.6 is 15.9 Å². The van der Waals surface area contributed by atoms with Crippen molar-refractivity contribution in [3.05, 3.63) is 28.5 Å². The second-order valence-electron chi connectivity index (χ2n) is 6.80. The molecule has 1 nitrogen and oxygen atoms in total. The summed E-state index contributed by atoms with van der Waals surface area (Å²) in [5.74, 6) is 0. The van der Waals surface area contributed by atoms with Crippen LogP contribution in [0.25, 0.3) is 0 Å². The molecule has 0 aliphatic rings. The van der Waals surface area contributed by atoms with Gasteiger partial charge in [-0.3, -0.25) is 0 Å². The number of unbranched alkanes of at least 4 members (excludes halogenated alkanes) is 13. The van der Waals surface area contributed by atoms with Crippen molar-refractivity contribution in [2.75, 3.05) is 0 Å². The first kappa shape index (κ1) is 20.7. The highest BCUT2D eigenvalue weighted by atomic mass is 79.9. The van der Waals surface area contributed by atoms with Gasteiger partial charge in [-0.25, -0.2) is 4.98 Å². The Morgan fingerprint density at radius 3 is 1.70 bits per heavy atom. The zero-order valence-electron chi connectivity index (χ0n) is 15.2. The molecular weight excluding hydrogens is 346 g/mol. The third-order valence-electron chi connectivity index (χ3n) is 4.64. The van der Waals surface area contributed by atoms with E-state index < -0.39 is 0 Å². The van der Waals surface area contributed by atoms with E-state index in [2.05, 4.69) is 33.9 Å². The van der Waals surface area contributed by atoms with Crippen LogP contribution in [0.4, 0.5) is 0 Å². The Morgan fingerprint density at radius 1 is 0.739 bits per heavy atom. The largest absolute Gasteiger partial charge is 0.249 e. The lowest BCUT2D eigenvalue weighted by Crippen LogP contribution is -1.89. The van der Waals surface area contributed by atoms with E-state index in [1.807, 2.05) is 12.3 Å². The maximum atomic E-state index is 4.28. The normalized spacial score (nSPS) is 11.0. The average molecular weight is 382 g/mol. The lowest BCUT2D eigenvalue weighted by molar-refractivity contribution is 0.535. The van der Waals surface area contributed by atoms with Gasteiger partial charge in [-0.05, 0) is 40.4 Å². The van der Waals surface area contributed by atoms with E-state index in [-0.39, 0.29) is 0 Å².